The Balaban J connectivity index is 2.30. The summed E-state index contributed by atoms with van der Waals surface area (Å²) in [4.78, 5) is 23.8. The van der Waals surface area contributed by atoms with E-state index in [1.807, 2.05) is 32.0 Å². The molecule has 0 fully saturated rings. The van der Waals surface area contributed by atoms with Crippen LogP contribution in [0.4, 0.5) is 0 Å². The van der Waals surface area contributed by atoms with Crippen molar-refractivity contribution in [3.63, 3.8) is 0 Å². The molecule has 1 unspecified atom stereocenters. The van der Waals surface area contributed by atoms with E-state index in [2.05, 4.69) is 5.32 Å². The monoisotopic (exact) mass is 231 g/mol. The zero-order chi connectivity index (χ0) is 12.4. The standard InChI is InChI=1S/C14H17NO2/c1-3-7-15-14(17)11-8-12(16)10-6-4-5-9(2)13(10)11/h4-6,11H,3,7-8H2,1-2H3,(H,15,17). The van der Waals surface area contributed by atoms with Crippen LogP contribution in [0, 0.1) is 6.92 Å². The highest BCUT2D eigenvalue weighted by Crippen LogP contribution is 2.35. The molecule has 3 nitrogen and oxygen atoms in total. The van der Waals surface area contributed by atoms with Crippen LogP contribution in [0.5, 0.6) is 0 Å². The predicted molar refractivity (Wildman–Crippen MR) is 66.2 cm³/mol. The topological polar surface area (TPSA) is 46.2 Å². The van der Waals surface area contributed by atoms with Gasteiger partial charge in [-0.1, -0.05) is 25.1 Å². The first-order valence-corrected chi connectivity index (χ1v) is 6.05. The van der Waals surface area contributed by atoms with Crippen LogP contribution in [-0.4, -0.2) is 18.2 Å². The van der Waals surface area contributed by atoms with Gasteiger partial charge < -0.3 is 5.32 Å². The normalized spacial score (nSPS) is 18.0. The van der Waals surface area contributed by atoms with Crippen molar-refractivity contribution in [2.45, 2.75) is 32.6 Å². The molecule has 1 amide bonds. The lowest BCUT2D eigenvalue weighted by molar-refractivity contribution is -0.122. The lowest BCUT2D eigenvalue weighted by atomic mass is 9.96. The van der Waals surface area contributed by atoms with Gasteiger partial charge in [0.1, 0.15) is 0 Å². The smallest absolute Gasteiger partial charge is 0.228 e. The van der Waals surface area contributed by atoms with Crippen LogP contribution in [0.15, 0.2) is 18.2 Å². The number of hydrogen-bond acceptors (Lipinski definition) is 2. The molecule has 0 spiro atoms. The maximum absolute atomic E-state index is 12.0. The maximum atomic E-state index is 12.0. The molecule has 1 aliphatic carbocycles. The average Bonchev–Trinajstić information content (AvgIpc) is 2.66. The summed E-state index contributed by atoms with van der Waals surface area (Å²) >= 11 is 0. The molecule has 2 rings (SSSR count). The summed E-state index contributed by atoms with van der Waals surface area (Å²) < 4.78 is 0. The third-order valence-corrected chi connectivity index (χ3v) is 3.23. The van der Waals surface area contributed by atoms with Gasteiger partial charge >= 0.3 is 0 Å². The van der Waals surface area contributed by atoms with Gasteiger partial charge in [0.2, 0.25) is 5.91 Å². The van der Waals surface area contributed by atoms with Crippen molar-refractivity contribution in [2.75, 3.05) is 6.54 Å². The van der Waals surface area contributed by atoms with Gasteiger partial charge in [0.25, 0.3) is 0 Å². The molecule has 0 radical (unpaired) electrons. The van der Waals surface area contributed by atoms with Gasteiger partial charge in [0.15, 0.2) is 5.78 Å². The summed E-state index contributed by atoms with van der Waals surface area (Å²) in [6, 6.07) is 5.65. The van der Waals surface area contributed by atoms with Gasteiger partial charge in [-0.2, -0.15) is 0 Å². The zero-order valence-corrected chi connectivity index (χ0v) is 10.2. The van der Waals surface area contributed by atoms with Gasteiger partial charge in [-0.25, -0.2) is 0 Å². The quantitative estimate of drug-likeness (QED) is 0.866. The SMILES string of the molecule is CCCNC(=O)C1CC(=O)c2cccc(C)c21. The second-order valence-corrected chi connectivity index (χ2v) is 4.51. The van der Waals surface area contributed by atoms with Gasteiger partial charge in [-0.15, -0.1) is 0 Å². The minimum absolute atomic E-state index is 0.0201. The summed E-state index contributed by atoms with van der Waals surface area (Å²) in [5.41, 5.74) is 2.68. The third kappa shape index (κ3) is 2.09. The molecule has 0 saturated heterocycles. The van der Waals surface area contributed by atoms with E-state index in [0.717, 1.165) is 23.1 Å². The summed E-state index contributed by atoms with van der Waals surface area (Å²) in [7, 11) is 0. The number of nitrogens with one attached hydrogen (secondary N) is 1. The van der Waals surface area contributed by atoms with Crippen LogP contribution >= 0.6 is 0 Å². The number of amides is 1. The molecule has 0 bridgehead atoms. The maximum Gasteiger partial charge on any atom is 0.228 e. The lowest BCUT2D eigenvalue weighted by Gasteiger charge is -2.13. The molecule has 0 aromatic heterocycles. The molecule has 1 atom stereocenters. The molecule has 1 aromatic carbocycles. The highest BCUT2D eigenvalue weighted by molar-refractivity contribution is 6.07. The largest absolute Gasteiger partial charge is 0.356 e. The summed E-state index contributed by atoms with van der Waals surface area (Å²) in [5, 5.41) is 2.87. The Morgan fingerprint density at radius 2 is 2.24 bits per heavy atom. The fourth-order valence-electron chi connectivity index (χ4n) is 2.38. The molecule has 17 heavy (non-hydrogen) atoms. The molecular weight excluding hydrogens is 214 g/mol. The molecule has 0 heterocycles. The molecular formula is C14H17NO2. The highest BCUT2D eigenvalue weighted by atomic mass is 16.2. The number of aryl methyl sites for hydroxylation is 1. The van der Waals surface area contributed by atoms with E-state index >= 15 is 0 Å². The highest BCUT2D eigenvalue weighted by Gasteiger charge is 2.34. The molecule has 1 N–H and O–H groups in total. The van der Waals surface area contributed by atoms with E-state index in [1.165, 1.54) is 0 Å². The van der Waals surface area contributed by atoms with Crippen LogP contribution in [0.2, 0.25) is 0 Å². The van der Waals surface area contributed by atoms with Crippen LogP contribution in [0.25, 0.3) is 0 Å². The fourth-order valence-corrected chi connectivity index (χ4v) is 2.38. The van der Waals surface area contributed by atoms with Crippen molar-refractivity contribution >= 4 is 11.7 Å². The van der Waals surface area contributed by atoms with Crippen molar-refractivity contribution in [3.8, 4) is 0 Å². The Bertz CT molecular complexity index is 465. The Morgan fingerprint density at radius 3 is 2.94 bits per heavy atom. The van der Waals surface area contributed by atoms with Crippen molar-refractivity contribution in [1.82, 2.24) is 5.32 Å². The minimum atomic E-state index is -0.287. The van der Waals surface area contributed by atoms with Crippen molar-refractivity contribution in [3.05, 3.63) is 34.9 Å². The van der Waals surface area contributed by atoms with E-state index in [9.17, 15) is 9.59 Å². The summed E-state index contributed by atoms with van der Waals surface area (Å²) in [5.74, 6) is -0.223. The average molecular weight is 231 g/mol. The van der Waals surface area contributed by atoms with E-state index in [4.69, 9.17) is 0 Å². The van der Waals surface area contributed by atoms with Crippen LogP contribution in [0.3, 0.4) is 0 Å². The number of Topliss-reactive ketones (excluding diaryl/α,β-unsaturated/α-hetero) is 1. The van der Waals surface area contributed by atoms with E-state index in [-0.39, 0.29) is 17.6 Å². The number of fused-ring (bicyclic) bond motifs is 1. The second-order valence-electron chi connectivity index (χ2n) is 4.51. The molecule has 1 aromatic rings. The Kier molecular flexibility index (Phi) is 3.27. The molecule has 0 saturated carbocycles. The van der Waals surface area contributed by atoms with Gasteiger partial charge in [0.05, 0.1) is 5.92 Å². The molecule has 3 heteroatoms. The Morgan fingerprint density at radius 1 is 1.47 bits per heavy atom. The fraction of sp³-hybridized carbons (Fsp3) is 0.429. The van der Waals surface area contributed by atoms with Crippen LogP contribution in [0.1, 0.15) is 47.2 Å². The summed E-state index contributed by atoms with van der Waals surface area (Å²) in [6.07, 6.45) is 1.22. The molecule has 0 aliphatic heterocycles. The zero-order valence-electron chi connectivity index (χ0n) is 10.2. The van der Waals surface area contributed by atoms with Crippen molar-refractivity contribution < 1.29 is 9.59 Å². The van der Waals surface area contributed by atoms with E-state index < -0.39 is 0 Å². The molecule has 90 valence electrons. The van der Waals surface area contributed by atoms with Crippen LogP contribution < -0.4 is 5.32 Å². The van der Waals surface area contributed by atoms with Gasteiger partial charge in [-0.05, 0) is 24.5 Å². The third-order valence-electron chi connectivity index (χ3n) is 3.23. The first-order chi connectivity index (χ1) is 8.15. The van der Waals surface area contributed by atoms with E-state index in [0.29, 0.717) is 13.0 Å². The first-order valence-electron chi connectivity index (χ1n) is 6.05. The number of benzene rings is 1. The number of hydrogen-bond donors (Lipinski definition) is 1. The van der Waals surface area contributed by atoms with E-state index in [1.54, 1.807) is 0 Å². The predicted octanol–water partition coefficient (Wildman–Crippen LogP) is 2.19. The number of rotatable bonds is 3. The number of ketones is 1. The second kappa shape index (κ2) is 4.70. The lowest BCUT2D eigenvalue weighted by Crippen LogP contribution is -2.29. The minimum Gasteiger partial charge on any atom is -0.356 e. The first kappa shape index (κ1) is 11.8. The van der Waals surface area contributed by atoms with Gasteiger partial charge in [0, 0.05) is 18.5 Å². The van der Waals surface area contributed by atoms with Crippen molar-refractivity contribution in [2.24, 2.45) is 0 Å². The number of carbonyl (C=O) groups excluding carboxylic acids is 2. The van der Waals surface area contributed by atoms with Crippen LogP contribution in [-0.2, 0) is 4.79 Å². The Labute approximate surface area is 101 Å². The Hall–Kier alpha value is -1.64. The summed E-state index contributed by atoms with van der Waals surface area (Å²) in [6.45, 7) is 4.64. The molecule has 1 aliphatic rings. The number of carbonyl (C=O) groups is 2. The van der Waals surface area contributed by atoms with Gasteiger partial charge in [-0.3, -0.25) is 9.59 Å². The van der Waals surface area contributed by atoms with Crippen molar-refractivity contribution in [1.29, 1.82) is 0 Å².